The van der Waals surface area contributed by atoms with Crippen molar-refractivity contribution >= 4 is 146 Å². The van der Waals surface area contributed by atoms with Crippen LogP contribution in [0.2, 0.25) is 5.02 Å². The largest absolute Gasteiger partial charge is 0.493 e. The lowest BCUT2D eigenvalue weighted by Crippen LogP contribution is -2.08. The van der Waals surface area contributed by atoms with Gasteiger partial charge in [-0.2, -0.15) is 44.0 Å². The molecule has 0 atom stereocenters. The standard InChI is InChI=1S/C43H35ClN10O15S6/c1-22-27(20-45)41-46-29-6-2-3-7-34(29)54(41)42(56)38(22)52-50-32-14-24(21-55)30(18-35(32)69-10-4-12-72(57,58)59)48-51-33-17-28(44)31(19-36(33)70-11-5-13-73(60,61)62)49-53-43-47-39-37(75(66,67)68)15-23-8-9-25(74(63,64)65)16-26(23)40(39)71-43/h2-3,6-9,14-19,55-56H,4-5,10-13,21H2,1H3,(H,57,58,59)(H,60,61,62)(H,63,64,65)(H,66,67,68). The highest BCUT2D eigenvalue weighted by Crippen LogP contribution is 2.45. The Morgan fingerprint density at radius 1 is 0.787 bits per heavy atom. The molecule has 0 aliphatic rings. The summed E-state index contributed by atoms with van der Waals surface area (Å²) in [6.07, 6.45) is -0.233. The van der Waals surface area contributed by atoms with E-state index in [9.17, 15) is 67.4 Å². The van der Waals surface area contributed by atoms with Crippen molar-refractivity contribution in [3.05, 3.63) is 94.5 Å². The highest BCUT2D eigenvalue weighted by molar-refractivity contribution is 7.99. The lowest BCUT2D eigenvalue weighted by molar-refractivity contribution is 0.281. The van der Waals surface area contributed by atoms with Crippen LogP contribution < -0.4 is 4.74 Å². The van der Waals surface area contributed by atoms with Gasteiger partial charge in [-0.15, -0.1) is 37.3 Å². The van der Waals surface area contributed by atoms with E-state index in [0.717, 1.165) is 41.3 Å². The molecule has 0 fully saturated rings. The molecule has 8 rings (SSSR count). The van der Waals surface area contributed by atoms with Gasteiger partial charge in [0.2, 0.25) is 11.0 Å². The van der Waals surface area contributed by atoms with E-state index in [1.807, 2.05) is 0 Å². The van der Waals surface area contributed by atoms with Crippen molar-refractivity contribution in [1.29, 1.82) is 5.26 Å². The van der Waals surface area contributed by atoms with Crippen LogP contribution in [0.3, 0.4) is 0 Å². The van der Waals surface area contributed by atoms with Crippen molar-refractivity contribution < 1.29 is 66.8 Å². The smallest absolute Gasteiger partial charge is 0.296 e. The topological polar surface area (TPSA) is 395 Å². The van der Waals surface area contributed by atoms with Crippen molar-refractivity contribution in [1.82, 2.24) is 14.4 Å². The third-order valence-electron chi connectivity index (χ3n) is 10.8. The maximum absolute atomic E-state index is 12.4. The van der Waals surface area contributed by atoms with Crippen molar-refractivity contribution in [3.63, 3.8) is 0 Å². The molecule has 3 aromatic heterocycles. The number of benzene rings is 5. The number of nitrogens with zero attached hydrogens (tertiary/aromatic N) is 10. The maximum Gasteiger partial charge on any atom is 0.296 e. The van der Waals surface area contributed by atoms with Crippen LogP contribution >= 0.6 is 34.7 Å². The minimum atomic E-state index is -4.89. The first-order chi connectivity index (χ1) is 35.3. The fourth-order valence-electron chi connectivity index (χ4n) is 7.32. The summed E-state index contributed by atoms with van der Waals surface area (Å²) in [4.78, 5) is 7.84. The average Bonchev–Trinajstić information content (AvgIpc) is 3.95. The summed E-state index contributed by atoms with van der Waals surface area (Å²) in [6.45, 7) is 0.558. The molecule has 0 bridgehead atoms. The summed E-state index contributed by atoms with van der Waals surface area (Å²) in [7, 11) is -18.3. The minimum Gasteiger partial charge on any atom is -0.493 e. The Bertz CT molecular complexity index is 4260. The Hall–Kier alpha value is -6.67. The number of rotatable bonds is 19. The van der Waals surface area contributed by atoms with E-state index in [-0.39, 0.29) is 118 Å². The second-order valence-corrected chi connectivity index (χ2v) is 24.4. The molecule has 390 valence electrons. The number of halogens is 1. The number of pyridine rings is 1. The van der Waals surface area contributed by atoms with Crippen LogP contribution in [0.25, 0.3) is 37.7 Å². The highest BCUT2D eigenvalue weighted by Gasteiger charge is 2.24. The zero-order valence-corrected chi connectivity index (χ0v) is 43.7. The normalized spacial score (nSPS) is 12.9. The van der Waals surface area contributed by atoms with Gasteiger partial charge in [0.15, 0.2) is 11.3 Å². The van der Waals surface area contributed by atoms with E-state index in [1.165, 1.54) is 41.7 Å². The van der Waals surface area contributed by atoms with Crippen LogP contribution in [-0.4, -0.2) is 100 Å². The monoisotopic (exact) mass is 1160 g/mol. The summed E-state index contributed by atoms with van der Waals surface area (Å²) in [5, 5.41) is 57.8. The Labute approximate surface area is 438 Å². The van der Waals surface area contributed by atoms with E-state index in [4.69, 9.17) is 16.3 Å². The van der Waals surface area contributed by atoms with Gasteiger partial charge >= 0.3 is 0 Å². The van der Waals surface area contributed by atoms with Gasteiger partial charge in [-0.05, 0) is 79.4 Å². The summed E-state index contributed by atoms with van der Waals surface area (Å²) >= 11 is 8.49. The molecule has 6 N–H and O–H groups in total. The zero-order valence-electron chi connectivity index (χ0n) is 38.0. The quantitative estimate of drug-likeness (QED) is 0.0190. The number of azo groups is 3. The lowest BCUT2D eigenvalue weighted by atomic mass is 10.1. The number of aliphatic hydroxyl groups is 1. The fraction of sp³-hybridized carbons (Fsp3) is 0.186. The van der Waals surface area contributed by atoms with Crippen molar-refractivity contribution in [2.24, 2.45) is 30.7 Å². The number of aromatic hydroxyl groups is 1. The predicted molar refractivity (Wildman–Crippen MR) is 275 cm³/mol. The average molecular weight is 1160 g/mol. The van der Waals surface area contributed by atoms with E-state index in [0.29, 0.717) is 11.0 Å². The van der Waals surface area contributed by atoms with E-state index < -0.39 is 74.3 Å². The Balaban J connectivity index is 1.18. The number of fused-ring (bicyclic) bond motifs is 6. The molecule has 5 aromatic carbocycles. The number of hydrogen-bond donors (Lipinski definition) is 6. The number of thiazole rings is 1. The first kappa shape index (κ1) is 54.6. The number of hydrogen-bond acceptors (Lipinski definition) is 22. The molecule has 0 saturated carbocycles. The zero-order chi connectivity index (χ0) is 54.2. The molecular weight excluding hydrogens is 1120 g/mol. The number of imidazole rings is 1. The molecule has 0 aliphatic heterocycles. The summed E-state index contributed by atoms with van der Waals surface area (Å²) in [5.74, 6) is -1.68. The van der Waals surface area contributed by atoms with Gasteiger partial charge in [0.05, 0.1) is 56.1 Å². The van der Waals surface area contributed by atoms with E-state index >= 15 is 0 Å². The van der Waals surface area contributed by atoms with E-state index in [1.54, 1.807) is 24.3 Å². The molecule has 0 radical (unpaired) electrons. The van der Waals surface area contributed by atoms with Gasteiger partial charge in [-0.25, -0.2) is 9.97 Å². The minimum absolute atomic E-state index is 0.0307. The second-order valence-electron chi connectivity index (χ2n) is 15.9. The molecule has 25 nitrogen and oxygen atoms in total. The summed E-state index contributed by atoms with van der Waals surface area (Å²) in [5.41, 5.74) is 1.06. The van der Waals surface area contributed by atoms with Crippen LogP contribution in [0.1, 0.15) is 29.5 Å². The molecule has 8 aromatic rings. The molecule has 0 unspecified atom stereocenters. The fourth-order valence-corrected chi connectivity index (χ4v) is 11.8. The number of nitriles is 1. The molecule has 0 amide bonds. The molecule has 3 heterocycles. The third kappa shape index (κ3) is 12.4. The Morgan fingerprint density at radius 3 is 2.17 bits per heavy atom. The van der Waals surface area contributed by atoms with Gasteiger partial charge in [0.1, 0.15) is 44.9 Å². The number of aliphatic hydroxyl groups excluding tert-OH is 1. The van der Waals surface area contributed by atoms with Crippen LogP contribution in [-0.2, 0) is 47.1 Å². The number of thioether (sulfide) groups is 1. The Kier molecular flexibility index (Phi) is 15.7. The first-order valence-electron chi connectivity index (χ1n) is 21.2. The van der Waals surface area contributed by atoms with Gasteiger partial charge < -0.3 is 14.9 Å². The number of para-hydroxylation sites is 2. The van der Waals surface area contributed by atoms with Gasteiger partial charge in [-0.3, -0.25) is 22.6 Å². The molecule has 0 aliphatic carbocycles. The van der Waals surface area contributed by atoms with Crippen molar-refractivity contribution in [2.75, 3.05) is 23.9 Å². The number of aromatic nitrogens is 3. The van der Waals surface area contributed by atoms with Crippen LogP contribution in [0.5, 0.6) is 11.6 Å². The molecular formula is C43H35ClN10O15S6. The van der Waals surface area contributed by atoms with Gasteiger partial charge in [-0.1, -0.05) is 41.1 Å². The third-order valence-corrected chi connectivity index (χ3v) is 16.5. The van der Waals surface area contributed by atoms with Crippen LogP contribution in [0, 0.1) is 18.3 Å². The summed E-state index contributed by atoms with van der Waals surface area (Å²) < 4.78 is 140. The van der Waals surface area contributed by atoms with Crippen LogP contribution in [0.4, 0.5) is 33.6 Å². The van der Waals surface area contributed by atoms with Crippen molar-refractivity contribution in [3.8, 4) is 17.7 Å². The molecule has 0 spiro atoms. The van der Waals surface area contributed by atoms with E-state index in [2.05, 4.69) is 46.7 Å². The summed E-state index contributed by atoms with van der Waals surface area (Å²) in [6, 6.07) is 18.7. The Morgan fingerprint density at radius 2 is 1.48 bits per heavy atom. The number of ether oxygens (including phenoxy) is 1. The molecule has 75 heavy (non-hydrogen) atoms. The molecule has 0 saturated heterocycles. The van der Waals surface area contributed by atoms with Gasteiger partial charge in [0.25, 0.3) is 40.5 Å². The van der Waals surface area contributed by atoms with Gasteiger partial charge in [0, 0.05) is 27.5 Å². The maximum atomic E-state index is 12.4. The molecule has 32 heteroatoms. The lowest BCUT2D eigenvalue weighted by Gasteiger charge is -2.12. The highest BCUT2D eigenvalue weighted by atomic mass is 35.5. The van der Waals surface area contributed by atoms with Crippen molar-refractivity contribution in [2.45, 2.75) is 41.1 Å². The van der Waals surface area contributed by atoms with Crippen LogP contribution in [0.15, 0.2) is 118 Å². The second kappa shape index (κ2) is 21.5. The SMILES string of the molecule is Cc1c(N=Nc2cc(CO)c(N=Nc3cc(Cl)c(N=Nc4nc5c(S(=O)(=O)O)cc6ccc(S(=O)(=O)O)cc6c5s4)cc3SCCCS(=O)(=O)O)cc2OCCCS(=O)(=O)O)c(O)n2c(nc3ccccc32)c1C#N. The predicted octanol–water partition coefficient (Wildman–Crippen LogP) is 10.0. The first-order valence-corrected chi connectivity index (χ1v) is 29.5.